The van der Waals surface area contributed by atoms with Crippen molar-refractivity contribution in [3.63, 3.8) is 0 Å². The fourth-order valence-electron chi connectivity index (χ4n) is 6.63. The molecule has 43 heavy (non-hydrogen) atoms. The van der Waals surface area contributed by atoms with Gasteiger partial charge in [-0.1, -0.05) is 25.3 Å². The summed E-state index contributed by atoms with van der Waals surface area (Å²) in [5.74, 6) is 0.290. The van der Waals surface area contributed by atoms with Gasteiger partial charge >= 0.3 is 10.2 Å². The molecular formula is C32H38N4O6S. The highest BCUT2D eigenvalue weighted by molar-refractivity contribution is 7.87. The molecule has 0 bridgehead atoms. The topological polar surface area (TPSA) is 121 Å². The fourth-order valence-corrected chi connectivity index (χ4v) is 7.17. The second-order valence-electron chi connectivity index (χ2n) is 12.0. The second-order valence-corrected chi connectivity index (χ2v) is 13.9. The van der Waals surface area contributed by atoms with Crippen LogP contribution in [-0.4, -0.2) is 80.0 Å². The molecule has 2 aromatic carbocycles. The third-order valence-corrected chi connectivity index (χ3v) is 10.4. The lowest BCUT2D eigenvalue weighted by atomic mass is 9.81. The standard InChI is InChI=1S/C32H38N4O6S/c1-34(2)43(40,41)33-31(38)22-9-11-27-28(15-22)36-18-24(32(39)35-16-20(17-35)19-37)13-23-14-25(42-3)10-12-26(23)30(36)29(27)21-7-5-4-6-8-21/h9-15,20-21,37H,4-8,16-19H2,1-3H3,(H,33,38). The minimum Gasteiger partial charge on any atom is -0.497 e. The van der Waals surface area contributed by atoms with Gasteiger partial charge in [-0.15, -0.1) is 0 Å². The van der Waals surface area contributed by atoms with Crippen LogP contribution in [0.15, 0.2) is 42.0 Å². The van der Waals surface area contributed by atoms with Crippen molar-refractivity contribution in [3.05, 3.63) is 58.7 Å². The zero-order valence-electron chi connectivity index (χ0n) is 24.8. The number of ether oxygens (including phenoxy) is 1. The molecular weight excluding hydrogens is 568 g/mol. The minimum atomic E-state index is -3.98. The molecule has 1 aliphatic carbocycles. The molecule has 0 unspecified atom stereocenters. The maximum atomic E-state index is 13.8. The van der Waals surface area contributed by atoms with Gasteiger partial charge in [-0.2, -0.15) is 12.7 Å². The summed E-state index contributed by atoms with van der Waals surface area (Å²) < 4.78 is 35.6. The highest BCUT2D eigenvalue weighted by atomic mass is 32.2. The predicted octanol–water partition coefficient (Wildman–Crippen LogP) is 3.75. The Morgan fingerprint density at radius 3 is 2.49 bits per heavy atom. The van der Waals surface area contributed by atoms with Crippen LogP contribution in [0.3, 0.4) is 0 Å². The van der Waals surface area contributed by atoms with E-state index in [1.165, 1.54) is 26.1 Å². The molecule has 0 spiro atoms. The highest BCUT2D eigenvalue weighted by Gasteiger charge is 2.35. The zero-order valence-corrected chi connectivity index (χ0v) is 25.6. The first-order valence-electron chi connectivity index (χ1n) is 14.8. The van der Waals surface area contributed by atoms with Crippen LogP contribution < -0.4 is 9.46 Å². The number of fused-ring (bicyclic) bond motifs is 5. The molecule has 3 aliphatic rings. The monoisotopic (exact) mass is 606 g/mol. The lowest BCUT2D eigenvalue weighted by molar-refractivity contribution is -0.134. The van der Waals surface area contributed by atoms with Crippen LogP contribution in [0, 0.1) is 5.92 Å². The van der Waals surface area contributed by atoms with E-state index < -0.39 is 16.1 Å². The average Bonchev–Trinajstić information content (AvgIpc) is 3.18. The number of aliphatic hydroxyl groups is 1. The molecule has 2 amide bonds. The van der Waals surface area contributed by atoms with E-state index >= 15 is 0 Å². The summed E-state index contributed by atoms with van der Waals surface area (Å²) in [6.45, 7) is 1.36. The van der Waals surface area contributed by atoms with Gasteiger partial charge in [0.1, 0.15) is 5.75 Å². The summed E-state index contributed by atoms with van der Waals surface area (Å²) in [5.41, 5.74) is 5.70. The summed E-state index contributed by atoms with van der Waals surface area (Å²) in [7, 11) is 0.369. The zero-order chi connectivity index (χ0) is 30.5. The number of carbonyl (C=O) groups is 2. The van der Waals surface area contributed by atoms with Gasteiger partial charge in [0.2, 0.25) is 0 Å². The number of hydrogen-bond donors (Lipinski definition) is 2. The molecule has 10 nitrogen and oxygen atoms in total. The van der Waals surface area contributed by atoms with Crippen molar-refractivity contribution in [2.24, 2.45) is 5.92 Å². The Bertz CT molecular complexity index is 1730. The molecule has 1 saturated heterocycles. The Hall–Kier alpha value is -3.67. The van der Waals surface area contributed by atoms with Crippen molar-refractivity contribution in [2.75, 3.05) is 40.9 Å². The van der Waals surface area contributed by atoms with Crippen LogP contribution in [0.2, 0.25) is 0 Å². The van der Waals surface area contributed by atoms with Crippen molar-refractivity contribution in [2.45, 2.75) is 44.6 Å². The first-order chi connectivity index (χ1) is 20.6. The SMILES string of the molecule is COc1ccc2c(c1)C=C(C(=O)N1CC(CO)C1)Cn1c-2c(C2CCCCC2)c2ccc(C(=O)NS(=O)(=O)N(C)C)cc21. The van der Waals surface area contributed by atoms with E-state index in [1.54, 1.807) is 24.1 Å². The molecule has 6 rings (SSSR count). The Labute approximate surface area is 252 Å². The van der Waals surface area contributed by atoms with Crippen molar-refractivity contribution < 1.29 is 27.9 Å². The van der Waals surface area contributed by atoms with Crippen molar-refractivity contribution in [1.82, 2.24) is 18.5 Å². The van der Waals surface area contributed by atoms with E-state index in [0.717, 1.165) is 57.7 Å². The Balaban J connectivity index is 1.55. The fraction of sp³-hybridized carbons (Fsp3) is 0.438. The smallest absolute Gasteiger partial charge is 0.303 e. The summed E-state index contributed by atoms with van der Waals surface area (Å²) >= 11 is 0. The molecule has 11 heteroatoms. The summed E-state index contributed by atoms with van der Waals surface area (Å²) in [4.78, 5) is 28.7. The summed E-state index contributed by atoms with van der Waals surface area (Å²) in [5, 5.41) is 10.5. The molecule has 3 aromatic rings. The first kappa shape index (κ1) is 29.4. The highest BCUT2D eigenvalue weighted by Crippen LogP contribution is 2.47. The number of hydrogen-bond acceptors (Lipinski definition) is 6. The lowest BCUT2D eigenvalue weighted by Crippen LogP contribution is -2.52. The van der Waals surface area contributed by atoms with E-state index in [1.807, 2.05) is 30.3 Å². The molecule has 0 radical (unpaired) electrons. The van der Waals surface area contributed by atoms with Gasteiger partial charge in [-0.25, -0.2) is 4.72 Å². The number of amides is 2. The lowest BCUT2D eigenvalue weighted by Gasteiger charge is -2.38. The number of nitrogens with one attached hydrogen (secondary N) is 1. The number of aliphatic hydroxyl groups excluding tert-OH is 1. The molecule has 2 fully saturated rings. The van der Waals surface area contributed by atoms with Crippen LogP contribution >= 0.6 is 0 Å². The normalized spacial score (nSPS) is 17.6. The van der Waals surface area contributed by atoms with Crippen LogP contribution in [0.4, 0.5) is 0 Å². The van der Waals surface area contributed by atoms with Gasteiger partial charge in [0.05, 0.1) is 19.3 Å². The van der Waals surface area contributed by atoms with E-state index in [4.69, 9.17) is 4.74 Å². The summed E-state index contributed by atoms with van der Waals surface area (Å²) in [6, 6.07) is 11.3. The van der Waals surface area contributed by atoms with Gasteiger partial charge in [0.15, 0.2) is 0 Å². The number of carbonyl (C=O) groups excluding carboxylic acids is 2. The van der Waals surface area contributed by atoms with Gasteiger partial charge in [-0.05, 0) is 66.3 Å². The van der Waals surface area contributed by atoms with Gasteiger partial charge < -0.3 is 19.3 Å². The minimum absolute atomic E-state index is 0.0500. The van der Waals surface area contributed by atoms with Crippen LogP contribution in [0.25, 0.3) is 28.2 Å². The maximum Gasteiger partial charge on any atom is 0.303 e. The molecule has 1 saturated carbocycles. The molecule has 0 atom stereocenters. The Morgan fingerprint density at radius 2 is 1.81 bits per heavy atom. The third-order valence-electron chi connectivity index (χ3n) is 9.03. The van der Waals surface area contributed by atoms with Gasteiger partial charge in [0, 0.05) is 67.3 Å². The number of nitrogens with zero attached hydrogens (tertiary/aromatic N) is 3. The molecule has 228 valence electrons. The number of methoxy groups -OCH3 is 1. The number of aromatic nitrogens is 1. The van der Waals surface area contributed by atoms with E-state index in [9.17, 15) is 23.1 Å². The third kappa shape index (κ3) is 5.34. The van der Waals surface area contributed by atoms with Gasteiger partial charge in [0.25, 0.3) is 11.8 Å². The van der Waals surface area contributed by atoms with E-state index in [2.05, 4.69) is 9.29 Å². The number of rotatable bonds is 7. The largest absolute Gasteiger partial charge is 0.497 e. The molecule has 2 aliphatic heterocycles. The second kappa shape index (κ2) is 11.4. The van der Waals surface area contributed by atoms with Crippen molar-refractivity contribution in [1.29, 1.82) is 0 Å². The molecule has 1 aromatic heterocycles. The summed E-state index contributed by atoms with van der Waals surface area (Å²) in [6.07, 6.45) is 7.52. The van der Waals surface area contributed by atoms with Crippen molar-refractivity contribution >= 4 is 39.0 Å². The van der Waals surface area contributed by atoms with E-state index in [0.29, 0.717) is 30.3 Å². The van der Waals surface area contributed by atoms with Crippen LogP contribution in [-0.2, 0) is 21.5 Å². The first-order valence-corrected chi connectivity index (χ1v) is 16.2. The number of benzene rings is 2. The molecule has 3 heterocycles. The Morgan fingerprint density at radius 1 is 1.07 bits per heavy atom. The Kier molecular flexibility index (Phi) is 7.82. The molecule has 2 N–H and O–H groups in total. The van der Waals surface area contributed by atoms with Crippen molar-refractivity contribution in [3.8, 4) is 17.0 Å². The van der Waals surface area contributed by atoms with Crippen LogP contribution in [0.5, 0.6) is 5.75 Å². The predicted molar refractivity (Wildman–Crippen MR) is 165 cm³/mol. The number of likely N-dealkylation sites (tertiary alicyclic amines) is 1. The van der Waals surface area contributed by atoms with Gasteiger partial charge in [-0.3, -0.25) is 9.59 Å². The average molecular weight is 607 g/mol. The van der Waals surface area contributed by atoms with Crippen LogP contribution in [0.1, 0.15) is 59.5 Å². The quantitative estimate of drug-likeness (QED) is 0.423. The van der Waals surface area contributed by atoms with E-state index in [-0.39, 0.29) is 30.5 Å². The maximum absolute atomic E-state index is 13.8.